The summed E-state index contributed by atoms with van der Waals surface area (Å²) in [4.78, 5) is 11.8. The van der Waals surface area contributed by atoms with Crippen LogP contribution in [0.1, 0.15) is 21.9 Å². The molecule has 6 heteroatoms. The number of nitrogens with one attached hydrogen (secondary N) is 2. The van der Waals surface area contributed by atoms with Gasteiger partial charge in [-0.1, -0.05) is 0 Å². The number of aromatic amines is 1. The molecule has 0 saturated carbocycles. The molecule has 2 heterocycles. The van der Waals surface area contributed by atoms with Gasteiger partial charge in [-0.25, -0.2) is 0 Å². The number of H-pyrrole nitrogens is 1. The zero-order chi connectivity index (χ0) is 11.5. The Morgan fingerprint density at radius 3 is 3.00 bits per heavy atom. The van der Waals surface area contributed by atoms with Gasteiger partial charge in [0.2, 0.25) is 0 Å². The summed E-state index contributed by atoms with van der Waals surface area (Å²) < 4.78 is 1.57. The third-order valence-corrected chi connectivity index (χ3v) is 2.23. The smallest absolute Gasteiger partial charge is 0.269 e. The third-order valence-electron chi connectivity index (χ3n) is 2.23. The molecule has 16 heavy (non-hydrogen) atoms. The van der Waals surface area contributed by atoms with Gasteiger partial charge >= 0.3 is 0 Å². The van der Waals surface area contributed by atoms with Crippen LogP contribution in [0, 0.1) is 6.92 Å². The van der Waals surface area contributed by atoms with Crippen molar-refractivity contribution in [3.05, 3.63) is 35.4 Å². The van der Waals surface area contributed by atoms with E-state index in [4.69, 9.17) is 0 Å². The molecule has 0 aromatic carbocycles. The first-order valence-corrected chi connectivity index (χ1v) is 4.94. The van der Waals surface area contributed by atoms with E-state index in [0.29, 0.717) is 12.2 Å². The molecule has 0 bridgehead atoms. The summed E-state index contributed by atoms with van der Waals surface area (Å²) in [5, 5.41) is 13.5. The molecule has 0 radical (unpaired) electrons. The van der Waals surface area contributed by atoms with E-state index in [-0.39, 0.29) is 5.91 Å². The molecule has 2 aromatic heterocycles. The number of hydrogen-bond acceptors (Lipinski definition) is 3. The second-order valence-corrected chi connectivity index (χ2v) is 3.56. The molecule has 0 spiro atoms. The maximum atomic E-state index is 11.8. The van der Waals surface area contributed by atoms with Gasteiger partial charge in [0.25, 0.3) is 5.91 Å². The summed E-state index contributed by atoms with van der Waals surface area (Å²) in [6.45, 7) is 2.29. The number of carbonyl (C=O) groups is 1. The topological polar surface area (TPSA) is 75.6 Å². The molecule has 2 N–H and O–H groups in total. The zero-order valence-corrected chi connectivity index (χ0v) is 9.19. The largest absolute Gasteiger partial charge is 0.345 e. The summed E-state index contributed by atoms with van der Waals surface area (Å²) in [7, 11) is 1.75. The predicted molar refractivity (Wildman–Crippen MR) is 57.7 cm³/mol. The molecule has 0 aliphatic rings. The quantitative estimate of drug-likeness (QED) is 0.783. The van der Waals surface area contributed by atoms with Gasteiger partial charge in [0.15, 0.2) is 0 Å². The van der Waals surface area contributed by atoms with Gasteiger partial charge in [0.1, 0.15) is 5.69 Å². The van der Waals surface area contributed by atoms with Crippen LogP contribution >= 0.6 is 0 Å². The first kappa shape index (κ1) is 10.4. The fourth-order valence-electron chi connectivity index (χ4n) is 1.47. The molecule has 0 unspecified atom stereocenters. The highest BCUT2D eigenvalue weighted by atomic mass is 16.2. The second kappa shape index (κ2) is 4.18. The fraction of sp³-hybridized carbons (Fsp3) is 0.300. The van der Waals surface area contributed by atoms with Crippen LogP contribution in [-0.4, -0.2) is 25.9 Å². The molecule has 84 valence electrons. The van der Waals surface area contributed by atoms with Crippen LogP contribution in [0.25, 0.3) is 0 Å². The molecular formula is C10H13N5O. The van der Waals surface area contributed by atoms with E-state index in [9.17, 15) is 4.79 Å². The molecule has 0 aliphatic carbocycles. The van der Waals surface area contributed by atoms with Crippen molar-refractivity contribution in [1.82, 2.24) is 25.3 Å². The van der Waals surface area contributed by atoms with Crippen molar-refractivity contribution in [2.24, 2.45) is 7.05 Å². The Balaban J connectivity index is 2.01. The van der Waals surface area contributed by atoms with Crippen LogP contribution in [0.15, 0.2) is 18.3 Å². The van der Waals surface area contributed by atoms with Gasteiger partial charge in [0.05, 0.1) is 17.9 Å². The monoisotopic (exact) mass is 219 g/mol. The zero-order valence-electron chi connectivity index (χ0n) is 9.19. The van der Waals surface area contributed by atoms with Gasteiger partial charge in [-0.05, 0) is 19.1 Å². The molecule has 6 nitrogen and oxygen atoms in total. The molecule has 0 atom stereocenters. The average molecular weight is 219 g/mol. The van der Waals surface area contributed by atoms with E-state index in [1.165, 1.54) is 0 Å². The van der Waals surface area contributed by atoms with Crippen molar-refractivity contribution in [2.75, 3.05) is 0 Å². The van der Waals surface area contributed by atoms with Crippen LogP contribution in [0.4, 0.5) is 0 Å². The van der Waals surface area contributed by atoms with Gasteiger partial charge in [-0.2, -0.15) is 10.2 Å². The first-order valence-electron chi connectivity index (χ1n) is 4.94. The number of aryl methyl sites for hydroxylation is 2. The highest BCUT2D eigenvalue weighted by molar-refractivity contribution is 5.92. The van der Waals surface area contributed by atoms with E-state index in [2.05, 4.69) is 20.6 Å². The number of carbonyl (C=O) groups excluding carboxylic acids is 1. The van der Waals surface area contributed by atoms with Crippen molar-refractivity contribution >= 4 is 5.91 Å². The highest BCUT2D eigenvalue weighted by Crippen LogP contribution is 2.01. The maximum absolute atomic E-state index is 11.8. The lowest BCUT2D eigenvalue weighted by Gasteiger charge is -2.03. The van der Waals surface area contributed by atoms with Crippen LogP contribution in [0.5, 0.6) is 0 Å². The van der Waals surface area contributed by atoms with Crippen molar-refractivity contribution < 1.29 is 4.79 Å². The molecule has 0 aliphatic heterocycles. The minimum absolute atomic E-state index is 0.141. The fourth-order valence-corrected chi connectivity index (χ4v) is 1.47. The molecule has 2 aromatic rings. The number of amides is 1. The van der Waals surface area contributed by atoms with E-state index < -0.39 is 0 Å². The van der Waals surface area contributed by atoms with Crippen molar-refractivity contribution in [3.8, 4) is 0 Å². The summed E-state index contributed by atoms with van der Waals surface area (Å²) in [5.41, 5.74) is 2.25. The molecular weight excluding hydrogens is 206 g/mol. The third kappa shape index (κ3) is 2.10. The van der Waals surface area contributed by atoms with Crippen molar-refractivity contribution in [2.45, 2.75) is 13.5 Å². The first-order chi connectivity index (χ1) is 7.66. The Morgan fingerprint density at radius 1 is 1.62 bits per heavy atom. The Hall–Kier alpha value is -2.11. The van der Waals surface area contributed by atoms with Gasteiger partial charge < -0.3 is 5.32 Å². The van der Waals surface area contributed by atoms with E-state index >= 15 is 0 Å². The SMILES string of the molecule is Cc1cc(C(=O)NCc2ccn[nH]2)n(C)n1. The number of rotatable bonds is 3. The molecule has 1 amide bonds. The Kier molecular flexibility index (Phi) is 2.72. The molecule has 0 fully saturated rings. The number of aromatic nitrogens is 4. The normalized spacial score (nSPS) is 10.4. The summed E-state index contributed by atoms with van der Waals surface area (Å²) in [5.74, 6) is -0.141. The van der Waals surface area contributed by atoms with E-state index in [0.717, 1.165) is 11.4 Å². The minimum atomic E-state index is -0.141. The van der Waals surface area contributed by atoms with Crippen LogP contribution in [0.3, 0.4) is 0 Å². The Morgan fingerprint density at radius 2 is 2.44 bits per heavy atom. The lowest BCUT2D eigenvalue weighted by Crippen LogP contribution is -2.25. The minimum Gasteiger partial charge on any atom is -0.345 e. The summed E-state index contributed by atoms with van der Waals surface area (Å²) >= 11 is 0. The lowest BCUT2D eigenvalue weighted by atomic mass is 10.3. The van der Waals surface area contributed by atoms with Crippen molar-refractivity contribution in [3.63, 3.8) is 0 Å². The summed E-state index contributed by atoms with van der Waals surface area (Å²) in [6.07, 6.45) is 1.65. The average Bonchev–Trinajstić information content (AvgIpc) is 2.84. The lowest BCUT2D eigenvalue weighted by molar-refractivity contribution is 0.0941. The van der Waals surface area contributed by atoms with E-state index in [1.54, 1.807) is 24.0 Å². The Bertz CT molecular complexity index is 485. The van der Waals surface area contributed by atoms with Crippen LogP contribution in [-0.2, 0) is 13.6 Å². The predicted octanol–water partition coefficient (Wildman–Crippen LogP) is 0.382. The standard InChI is InChI=1S/C10H13N5O/c1-7-5-9(15(2)14-7)10(16)11-6-8-3-4-12-13-8/h3-5H,6H2,1-2H3,(H,11,16)(H,12,13). The number of hydrogen-bond donors (Lipinski definition) is 2. The molecule has 0 saturated heterocycles. The van der Waals surface area contributed by atoms with E-state index in [1.807, 2.05) is 13.0 Å². The maximum Gasteiger partial charge on any atom is 0.269 e. The molecule has 2 rings (SSSR count). The van der Waals surface area contributed by atoms with Gasteiger partial charge in [-0.3, -0.25) is 14.6 Å². The number of nitrogens with zero attached hydrogens (tertiary/aromatic N) is 3. The van der Waals surface area contributed by atoms with Gasteiger partial charge in [0, 0.05) is 13.2 Å². The van der Waals surface area contributed by atoms with Crippen LogP contribution in [0.2, 0.25) is 0 Å². The highest BCUT2D eigenvalue weighted by Gasteiger charge is 2.11. The summed E-state index contributed by atoms with van der Waals surface area (Å²) in [6, 6.07) is 3.57. The second-order valence-electron chi connectivity index (χ2n) is 3.56. The Labute approximate surface area is 92.7 Å². The van der Waals surface area contributed by atoms with Crippen molar-refractivity contribution in [1.29, 1.82) is 0 Å². The van der Waals surface area contributed by atoms with Crippen LogP contribution < -0.4 is 5.32 Å². The van der Waals surface area contributed by atoms with Gasteiger partial charge in [-0.15, -0.1) is 0 Å².